The van der Waals surface area contributed by atoms with Gasteiger partial charge in [-0.1, -0.05) is 103 Å². The highest BCUT2D eigenvalue weighted by molar-refractivity contribution is 7.99. The van der Waals surface area contributed by atoms with Gasteiger partial charge in [0.25, 0.3) is 0 Å². The molecular weight excluding hydrogens is 595 g/mol. The molecule has 2 aliphatic carbocycles. The molecule has 6 aromatic carbocycles. The second-order valence-electron chi connectivity index (χ2n) is 12.8. The molecule has 0 saturated heterocycles. The van der Waals surface area contributed by atoms with Gasteiger partial charge < -0.3 is 4.57 Å². The molecule has 3 heterocycles. The molecule has 1 spiro atoms. The van der Waals surface area contributed by atoms with Gasteiger partial charge in [-0.05, 0) is 88.8 Å². The van der Waals surface area contributed by atoms with E-state index in [0.29, 0.717) is 5.92 Å². The zero-order valence-corrected chi connectivity index (χ0v) is 26.5. The van der Waals surface area contributed by atoms with Crippen molar-refractivity contribution in [3.05, 3.63) is 173 Å². The Kier molecular flexibility index (Phi) is 5.03. The highest BCUT2D eigenvalue weighted by Gasteiger charge is 2.53. The topological polar surface area (TPSA) is 4.93 Å². The van der Waals surface area contributed by atoms with E-state index < -0.39 is 0 Å². The van der Waals surface area contributed by atoms with Gasteiger partial charge in [-0.25, -0.2) is 0 Å². The standard InChI is InChI=1S/C43H27NS2/c1-2-12-26(13-3-1)44-37-19-9-5-15-28(37)30-22-31-32-23-36-29(24-41(32)46-42(31)25-38(30)44)27-14-4-6-16-33(27)43(36)34-17-7-10-20-39(34)45-40-21-11-8-18-35(40)43/h1-13,15-25,27H,14H2. The first-order chi connectivity index (χ1) is 22.8. The van der Waals surface area contributed by atoms with E-state index in [1.807, 2.05) is 23.1 Å². The van der Waals surface area contributed by atoms with Crippen molar-refractivity contribution in [3.63, 3.8) is 0 Å². The van der Waals surface area contributed by atoms with Gasteiger partial charge in [0.15, 0.2) is 0 Å². The summed E-state index contributed by atoms with van der Waals surface area (Å²) in [5.74, 6) is 0.379. The summed E-state index contributed by atoms with van der Waals surface area (Å²) >= 11 is 3.87. The fourth-order valence-corrected chi connectivity index (χ4v) is 11.2. The van der Waals surface area contributed by atoms with E-state index in [0.717, 1.165) is 6.42 Å². The molecule has 0 bridgehead atoms. The van der Waals surface area contributed by atoms with Gasteiger partial charge in [0.2, 0.25) is 0 Å². The number of hydrogen-bond donors (Lipinski definition) is 0. The van der Waals surface area contributed by atoms with Crippen LogP contribution in [0.25, 0.3) is 47.7 Å². The molecule has 0 N–H and O–H groups in total. The number of allylic oxidation sites excluding steroid dienone is 4. The molecular formula is C43H27NS2. The van der Waals surface area contributed by atoms with Crippen LogP contribution in [0, 0.1) is 0 Å². The minimum atomic E-state index is -0.293. The van der Waals surface area contributed by atoms with Crippen LogP contribution >= 0.6 is 23.1 Å². The Labute approximate surface area is 275 Å². The van der Waals surface area contributed by atoms with Crippen LogP contribution in [0.3, 0.4) is 0 Å². The predicted octanol–water partition coefficient (Wildman–Crippen LogP) is 11.9. The van der Waals surface area contributed by atoms with Crippen LogP contribution in [0.5, 0.6) is 0 Å². The van der Waals surface area contributed by atoms with Gasteiger partial charge in [0, 0.05) is 52.3 Å². The SMILES string of the molecule is C1=CCC2C(=C1)C1(c3ccccc3Sc3ccccc31)c1cc3c(cc12)sc1cc2c(cc13)c1ccccc1n2-c1ccccc1. The van der Waals surface area contributed by atoms with Crippen LogP contribution in [0.2, 0.25) is 0 Å². The molecule has 1 nitrogen and oxygen atoms in total. The lowest BCUT2D eigenvalue weighted by molar-refractivity contribution is 0.665. The highest BCUT2D eigenvalue weighted by atomic mass is 32.2. The van der Waals surface area contributed by atoms with Crippen molar-refractivity contribution in [1.82, 2.24) is 4.57 Å². The van der Waals surface area contributed by atoms with Gasteiger partial charge in [-0.2, -0.15) is 0 Å². The molecule has 3 heteroatoms. The van der Waals surface area contributed by atoms with Gasteiger partial charge in [-0.3, -0.25) is 0 Å². The van der Waals surface area contributed by atoms with Crippen molar-refractivity contribution in [1.29, 1.82) is 0 Å². The van der Waals surface area contributed by atoms with Gasteiger partial charge in [0.05, 0.1) is 16.4 Å². The van der Waals surface area contributed by atoms with E-state index in [-0.39, 0.29) is 5.41 Å². The Morgan fingerprint density at radius 3 is 2.11 bits per heavy atom. The average Bonchev–Trinajstić information content (AvgIpc) is 3.73. The normalized spacial score (nSPS) is 17.4. The number of benzene rings is 6. The smallest absolute Gasteiger partial charge is 0.0695 e. The summed E-state index contributed by atoms with van der Waals surface area (Å²) in [6.07, 6.45) is 8.14. The number of hydrogen-bond acceptors (Lipinski definition) is 2. The summed E-state index contributed by atoms with van der Waals surface area (Å²) in [6.45, 7) is 0. The van der Waals surface area contributed by atoms with E-state index >= 15 is 0 Å². The van der Waals surface area contributed by atoms with Crippen LogP contribution in [0.15, 0.2) is 161 Å². The van der Waals surface area contributed by atoms with E-state index in [1.54, 1.807) is 0 Å². The first-order valence-corrected chi connectivity index (χ1v) is 17.7. The molecule has 46 heavy (non-hydrogen) atoms. The zero-order chi connectivity index (χ0) is 30.0. The van der Waals surface area contributed by atoms with Crippen LogP contribution in [-0.2, 0) is 5.41 Å². The monoisotopic (exact) mass is 621 g/mol. The van der Waals surface area contributed by atoms with E-state index in [4.69, 9.17) is 0 Å². The Morgan fingerprint density at radius 2 is 1.28 bits per heavy atom. The summed E-state index contributed by atoms with van der Waals surface area (Å²) in [5.41, 5.74) is 10.8. The lowest BCUT2D eigenvalue weighted by atomic mass is 9.66. The number of nitrogens with zero attached hydrogens (tertiary/aromatic N) is 1. The molecule has 0 fully saturated rings. The number of para-hydroxylation sites is 2. The van der Waals surface area contributed by atoms with Crippen LogP contribution in [0.1, 0.15) is 34.6 Å². The minimum absolute atomic E-state index is 0.293. The third-order valence-electron chi connectivity index (χ3n) is 10.6. The van der Waals surface area contributed by atoms with Crippen molar-refractivity contribution in [2.24, 2.45) is 0 Å². The summed E-state index contributed by atoms with van der Waals surface area (Å²) < 4.78 is 5.16. The third kappa shape index (κ3) is 3.12. The van der Waals surface area contributed by atoms with Crippen LogP contribution in [0.4, 0.5) is 0 Å². The van der Waals surface area contributed by atoms with Gasteiger partial charge in [0.1, 0.15) is 0 Å². The Balaban J connectivity index is 1.26. The van der Waals surface area contributed by atoms with E-state index in [9.17, 15) is 0 Å². The number of aromatic nitrogens is 1. The quantitative estimate of drug-likeness (QED) is 0.177. The van der Waals surface area contributed by atoms with Crippen molar-refractivity contribution >= 4 is 65.1 Å². The number of thiophene rings is 1. The Morgan fingerprint density at radius 1 is 0.587 bits per heavy atom. The van der Waals surface area contributed by atoms with Gasteiger partial charge in [-0.15, -0.1) is 11.3 Å². The van der Waals surface area contributed by atoms with Crippen molar-refractivity contribution in [2.75, 3.05) is 0 Å². The second-order valence-corrected chi connectivity index (χ2v) is 14.9. The summed E-state index contributed by atoms with van der Waals surface area (Å²) in [6, 6.07) is 48.0. The van der Waals surface area contributed by atoms with Crippen molar-refractivity contribution in [3.8, 4) is 5.69 Å². The molecule has 0 saturated carbocycles. The van der Waals surface area contributed by atoms with Gasteiger partial charge >= 0.3 is 0 Å². The van der Waals surface area contributed by atoms with E-state index in [1.165, 1.54) is 85.3 Å². The number of fused-ring (bicyclic) bond motifs is 15. The van der Waals surface area contributed by atoms with Crippen LogP contribution in [-0.4, -0.2) is 4.57 Å². The molecule has 1 atom stereocenters. The number of rotatable bonds is 1. The first-order valence-electron chi connectivity index (χ1n) is 16.0. The largest absolute Gasteiger partial charge is 0.309 e. The molecule has 8 aromatic rings. The maximum Gasteiger partial charge on any atom is 0.0695 e. The molecule has 1 aliphatic heterocycles. The Bertz CT molecular complexity index is 2600. The molecule has 216 valence electrons. The lowest BCUT2D eigenvalue weighted by Gasteiger charge is -2.41. The average molecular weight is 622 g/mol. The summed E-state index contributed by atoms with van der Waals surface area (Å²) in [5, 5.41) is 5.34. The maximum absolute atomic E-state index is 2.59. The van der Waals surface area contributed by atoms with Crippen molar-refractivity contribution in [2.45, 2.75) is 27.5 Å². The predicted molar refractivity (Wildman–Crippen MR) is 195 cm³/mol. The lowest BCUT2D eigenvalue weighted by Crippen LogP contribution is -2.32. The third-order valence-corrected chi connectivity index (χ3v) is 12.9. The maximum atomic E-state index is 2.59. The van der Waals surface area contributed by atoms with E-state index in [2.05, 4.69) is 150 Å². The fourth-order valence-electron chi connectivity index (χ4n) is 8.83. The molecule has 0 amide bonds. The summed E-state index contributed by atoms with van der Waals surface area (Å²) in [4.78, 5) is 2.74. The molecule has 11 rings (SSSR count). The fraction of sp³-hybridized carbons (Fsp3) is 0.0698. The highest BCUT2D eigenvalue weighted by Crippen LogP contribution is 2.65. The van der Waals surface area contributed by atoms with Crippen molar-refractivity contribution < 1.29 is 0 Å². The molecule has 1 unspecified atom stereocenters. The molecule has 0 radical (unpaired) electrons. The second kappa shape index (κ2) is 9.13. The van der Waals surface area contributed by atoms with Crippen LogP contribution < -0.4 is 0 Å². The molecule has 2 aromatic heterocycles. The zero-order valence-electron chi connectivity index (χ0n) is 24.9. The molecule has 3 aliphatic rings. The minimum Gasteiger partial charge on any atom is -0.309 e. The summed E-state index contributed by atoms with van der Waals surface area (Å²) in [7, 11) is 0. The Hall–Kier alpha value is -4.83. The first kappa shape index (κ1) is 25.4.